The summed E-state index contributed by atoms with van der Waals surface area (Å²) in [6.07, 6.45) is -4.31. The van der Waals surface area contributed by atoms with E-state index in [-0.39, 0.29) is 17.0 Å². The summed E-state index contributed by atoms with van der Waals surface area (Å²) in [6.45, 7) is 4.89. The molecule has 0 radical (unpaired) electrons. The molecule has 0 saturated carbocycles. The van der Waals surface area contributed by atoms with Gasteiger partial charge in [0.2, 0.25) is 0 Å². The van der Waals surface area contributed by atoms with E-state index >= 15 is 0 Å². The minimum Gasteiger partial charge on any atom is -0.399 e. The first-order valence-corrected chi connectivity index (χ1v) is 4.70. The Morgan fingerprint density at radius 3 is 2.13 bits per heavy atom. The van der Waals surface area contributed by atoms with Gasteiger partial charge >= 0.3 is 6.18 Å². The van der Waals surface area contributed by atoms with Crippen molar-refractivity contribution in [3.8, 4) is 0 Å². The Morgan fingerprint density at radius 1 is 1.20 bits per heavy atom. The van der Waals surface area contributed by atoms with Crippen LogP contribution in [0.1, 0.15) is 36.5 Å². The second kappa shape index (κ2) is 3.76. The SMILES string of the molecule is Cc1cc(N)cc(C(C)C)c1C(F)(F)F. The van der Waals surface area contributed by atoms with Crippen LogP contribution in [-0.4, -0.2) is 0 Å². The number of nitrogen functional groups attached to an aromatic ring is 1. The van der Waals surface area contributed by atoms with Crippen LogP contribution in [-0.2, 0) is 6.18 Å². The molecule has 0 fully saturated rings. The van der Waals surface area contributed by atoms with E-state index in [1.54, 1.807) is 13.8 Å². The average molecular weight is 217 g/mol. The zero-order valence-electron chi connectivity index (χ0n) is 8.94. The third kappa shape index (κ3) is 2.43. The maximum Gasteiger partial charge on any atom is 0.416 e. The van der Waals surface area contributed by atoms with Gasteiger partial charge in [-0.3, -0.25) is 0 Å². The van der Waals surface area contributed by atoms with Gasteiger partial charge in [0.15, 0.2) is 0 Å². The Balaban J connectivity index is 3.48. The van der Waals surface area contributed by atoms with Gasteiger partial charge in [0.05, 0.1) is 5.56 Å². The number of hydrogen-bond acceptors (Lipinski definition) is 1. The molecular weight excluding hydrogens is 203 g/mol. The maximum atomic E-state index is 12.8. The van der Waals surface area contributed by atoms with Crippen molar-refractivity contribution in [2.75, 3.05) is 5.73 Å². The van der Waals surface area contributed by atoms with E-state index < -0.39 is 11.7 Å². The number of halogens is 3. The number of alkyl halides is 3. The standard InChI is InChI=1S/C11H14F3N/c1-6(2)9-5-8(15)4-7(3)10(9)11(12,13)14/h4-6H,15H2,1-3H3. The van der Waals surface area contributed by atoms with Crippen molar-refractivity contribution in [2.24, 2.45) is 0 Å². The summed E-state index contributed by atoms with van der Waals surface area (Å²) in [7, 11) is 0. The van der Waals surface area contributed by atoms with Crippen LogP contribution in [0.2, 0.25) is 0 Å². The predicted molar refractivity (Wildman–Crippen MR) is 54.7 cm³/mol. The Bertz CT molecular complexity index is 367. The minimum atomic E-state index is -4.31. The Hall–Kier alpha value is -1.19. The highest BCUT2D eigenvalue weighted by atomic mass is 19.4. The van der Waals surface area contributed by atoms with Crippen LogP contribution in [0.15, 0.2) is 12.1 Å². The van der Waals surface area contributed by atoms with Gasteiger partial charge in [-0.05, 0) is 36.1 Å². The van der Waals surface area contributed by atoms with Crippen LogP contribution >= 0.6 is 0 Å². The van der Waals surface area contributed by atoms with Crippen molar-refractivity contribution in [1.29, 1.82) is 0 Å². The summed E-state index contributed by atoms with van der Waals surface area (Å²) in [4.78, 5) is 0. The van der Waals surface area contributed by atoms with Gasteiger partial charge in [0, 0.05) is 5.69 Å². The highest BCUT2D eigenvalue weighted by molar-refractivity contribution is 5.51. The molecule has 1 aromatic carbocycles. The normalized spacial score (nSPS) is 12.2. The molecule has 1 rings (SSSR count). The monoisotopic (exact) mass is 217 g/mol. The summed E-state index contributed by atoms with van der Waals surface area (Å²) < 4.78 is 38.3. The average Bonchev–Trinajstić information content (AvgIpc) is 1.99. The van der Waals surface area contributed by atoms with Gasteiger partial charge in [-0.15, -0.1) is 0 Å². The van der Waals surface area contributed by atoms with E-state index in [0.717, 1.165) is 0 Å². The lowest BCUT2D eigenvalue weighted by Crippen LogP contribution is -2.13. The molecular formula is C11H14F3N. The zero-order chi connectivity index (χ0) is 11.8. The van der Waals surface area contributed by atoms with Gasteiger partial charge in [0.25, 0.3) is 0 Å². The molecule has 0 aliphatic heterocycles. The van der Waals surface area contributed by atoms with Crippen LogP contribution < -0.4 is 5.73 Å². The van der Waals surface area contributed by atoms with Gasteiger partial charge in [0.1, 0.15) is 0 Å². The van der Waals surface area contributed by atoms with E-state index in [9.17, 15) is 13.2 Å². The molecule has 0 bridgehead atoms. The van der Waals surface area contributed by atoms with Crippen molar-refractivity contribution in [2.45, 2.75) is 32.9 Å². The third-order valence-corrected chi connectivity index (χ3v) is 2.29. The molecule has 0 atom stereocenters. The number of benzene rings is 1. The molecule has 0 aliphatic rings. The molecule has 0 aromatic heterocycles. The van der Waals surface area contributed by atoms with Gasteiger partial charge < -0.3 is 5.73 Å². The second-order valence-electron chi connectivity index (χ2n) is 3.95. The second-order valence-corrected chi connectivity index (χ2v) is 3.95. The number of nitrogens with two attached hydrogens (primary N) is 1. The van der Waals surface area contributed by atoms with Gasteiger partial charge in [-0.2, -0.15) is 13.2 Å². The first-order valence-electron chi connectivity index (χ1n) is 4.70. The van der Waals surface area contributed by atoms with Crippen LogP contribution in [0.25, 0.3) is 0 Å². The van der Waals surface area contributed by atoms with Crippen molar-refractivity contribution >= 4 is 5.69 Å². The van der Waals surface area contributed by atoms with Crippen molar-refractivity contribution < 1.29 is 13.2 Å². The molecule has 0 saturated heterocycles. The van der Waals surface area contributed by atoms with E-state index in [1.165, 1.54) is 19.1 Å². The zero-order valence-corrected chi connectivity index (χ0v) is 8.94. The first-order chi connectivity index (χ1) is 6.73. The highest BCUT2D eigenvalue weighted by Gasteiger charge is 2.35. The van der Waals surface area contributed by atoms with E-state index in [1.807, 2.05) is 0 Å². The molecule has 0 aliphatic carbocycles. The largest absolute Gasteiger partial charge is 0.416 e. The number of rotatable bonds is 1. The van der Waals surface area contributed by atoms with Crippen molar-refractivity contribution in [3.05, 3.63) is 28.8 Å². The lowest BCUT2D eigenvalue weighted by molar-refractivity contribution is -0.138. The third-order valence-electron chi connectivity index (χ3n) is 2.29. The molecule has 1 nitrogen and oxygen atoms in total. The summed E-state index contributed by atoms with van der Waals surface area (Å²) in [6, 6.07) is 2.76. The molecule has 84 valence electrons. The topological polar surface area (TPSA) is 26.0 Å². The lowest BCUT2D eigenvalue weighted by atomic mass is 9.92. The first kappa shape index (κ1) is 11.9. The van der Waals surface area contributed by atoms with Crippen molar-refractivity contribution in [3.63, 3.8) is 0 Å². The molecule has 0 unspecified atom stereocenters. The number of aryl methyl sites for hydroxylation is 1. The minimum absolute atomic E-state index is 0.186. The fraction of sp³-hybridized carbons (Fsp3) is 0.455. The fourth-order valence-electron chi connectivity index (χ4n) is 1.69. The quantitative estimate of drug-likeness (QED) is 0.713. The summed E-state index contributed by atoms with van der Waals surface area (Å²) in [5.74, 6) is -0.191. The summed E-state index contributed by atoms with van der Waals surface area (Å²) in [5, 5.41) is 0. The Labute approximate surface area is 87.1 Å². The van der Waals surface area contributed by atoms with Crippen LogP contribution in [0.3, 0.4) is 0 Å². The molecule has 0 heterocycles. The molecule has 0 spiro atoms. The van der Waals surface area contributed by atoms with Crippen LogP contribution in [0, 0.1) is 6.92 Å². The number of hydrogen-bond donors (Lipinski definition) is 1. The predicted octanol–water partition coefficient (Wildman–Crippen LogP) is 3.72. The molecule has 2 N–H and O–H groups in total. The van der Waals surface area contributed by atoms with Crippen LogP contribution in [0.4, 0.5) is 18.9 Å². The smallest absolute Gasteiger partial charge is 0.399 e. The molecule has 0 amide bonds. The van der Waals surface area contributed by atoms with E-state index in [4.69, 9.17) is 5.73 Å². The summed E-state index contributed by atoms with van der Waals surface area (Å²) >= 11 is 0. The Kier molecular flexibility index (Phi) is 2.98. The highest BCUT2D eigenvalue weighted by Crippen LogP contribution is 2.38. The maximum absolute atomic E-state index is 12.8. The molecule has 15 heavy (non-hydrogen) atoms. The fourth-order valence-corrected chi connectivity index (χ4v) is 1.69. The lowest BCUT2D eigenvalue weighted by Gasteiger charge is -2.18. The molecule has 4 heteroatoms. The van der Waals surface area contributed by atoms with Crippen LogP contribution in [0.5, 0.6) is 0 Å². The molecule has 1 aromatic rings. The Morgan fingerprint density at radius 2 is 1.73 bits per heavy atom. The summed E-state index contributed by atoms with van der Waals surface area (Å²) in [5.41, 5.74) is 5.82. The van der Waals surface area contributed by atoms with E-state index in [2.05, 4.69) is 0 Å². The van der Waals surface area contributed by atoms with Gasteiger partial charge in [-0.1, -0.05) is 13.8 Å². The number of anilines is 1. The van der Waals surface area contributed by atoms with Crippen molar-refractivity contribution in [1.82, 2.24) is 0 Å². The van der Waals surface area contributed by atoms with Gasteiger partial charge in [-0.25, -0.2) is 0 Å². The van der Waals surface area contributed by atoms with E-state index in [0.29, 0.717) is 5.69 Å².